The Morgan fingerprint density at radius 2 is 0.862 bits per heavy atom. The van der Waals surface area contributed by atoms with Crippen LogP contribution in [0.1, 0.15) is 219 Å². The fraction of sp³-hybridized carbons (Fsp3) is 0.737. The van der Waals surface area contributed by atoms with Crippen LogP contribution in [-0.4, -0.2) is 75.5 Å². The Morgan fingerprint density at radius 1 is 0.477 bits per heavy atom. The Bertz CT molecular complexity index is 1290. The first-order chi connectivity index (χ1) is 31.6. The van der Waals surface area contributed by atoms with Crippen molar-refractivity contribution in [3.63, 3.8) is 0 Å². The molecule has 0 radical (unpaired) electrons. The van der Waals surface area contributed by atoms with Crippen LogP contribution in [0.2, 0.25) is 0 Å². The number of likely N-dealkylation sites (N-methyl/N-ethyl adjacent to an activating group) is 1. The summed E-state index contributed by atoms with van der Waals surface area (Å²) in [4.78, 5) is 37.1. The second-order valence-corrected chi connectivity index (χ2v) is 18.7. The fourth-order valence-corrected chi connectivity index (χ4v) is 7.50. The van der Waals surface area contributed by atoms with E-state index in [0.717, 1.165) is 96.3 Å². The topological polar surface area (TPSA) is 102 Å². The second-order valence-electron chi connectivity index (χ2n) is 18.7. The maximum atomic E-state index is 12.8. The third-order valence-corrected chi connectivity index (χ3v) is 11.6. The minimum absolute atomic E-state index is 0.0309. The van der Waals surface area contributed by atoms with Crippen molar-refractivity contribution in [2.24, 2.45) is 0 Å². The van der Waals surface area contributed by atoms with Gasteiger partial charge in [0.05, 0.1) is 40.3 Å². The zero-order valence-electron chi connectivity index (χ0n) is 42.6. The lowest BCUT2D eigenvalue weighted by molar-refractivity contribution is -0.889. The minimum Gasteiger partial charge on any atom is -0.544 e. The van der Waals surface area contributed by atoms with Gasteiger partial charge in [0.2, 0.25) is 0 Å². The minimum atomic E-state index is -1.13. The predicted molar refractivity (Wildman–Crippen MR) is 272 cm³/mol. The van der Waals surface area contributed by atoms with Crippen LogP contribution in [0.3, 0.4) is 0 Å². The van der Waals surface area contributed by atoms with Gasteiger partial charge in [-0.15, -0.1) is 0 Å². The summed E-state index contributed by atoms with van der Waals surface area (Å²) in [7, 11) is 5.41. The smallest absolute Gasteiger partial charge is 0.306 e. The van der Waals surface area contributed by atoms with Crippen LogP contribution in [0.4, 0.5) is 0 Å². The van der Waals surface area contributed by atoms with Gasteiger partial charge in [0, 0.05) is 19.3 Å². The Labute approximate surface area is 400 Å². The molecule has 0 aromatic carbocycles. The lowest BCUT2D eigenvalue weighted by Crippen LogP contribution is -2.55. The standard InChI is InChI=1S/C57H99NO7/c1-6-8-10-12-14-16-18-20-22-24-26-27-28-29-30-32-34-36-38-40-42-44-46-48-56(60)65-53(51-63-50-49-54(57(61)62)58(3,4)5)52-64-55(59)47-45-43-41-39-37-35-33-31-25-23-21-19-17-15-13-11-9-7-2/h8,10,14,16,20,22,26-27,29-31,33,53-54H,6-7,9,11-13,15,17-19,21,23-25,28,32,34-52H2,1-5H3/b10-8+,16-14+,22-20+,27-26+,30-29+,33-31+. The number of nitrogens with zero attached hydrogens (tertiary/aromatic N) is 1. The number of hydrogen-bond donors (Lipinski definition) is 0. The van der Waals surface area contributed by atoms with E-state index in [0.29, 0.717) is 12.8 Å². The average molecular weight is 910 g/mol. The van der Waals surface area contributed by atoms with E-state index in [1.54, 1.807) is 21.1 Å². The van der Waals surface area contributed by atoms with E-state index in [1.807, 2.05) is 0 Å². The molecule has 0 aromatic rings. The first-order valence-corrected chi connectivity index (χ1v) is 26.5. The molecular formula is C57H99NO7. The lowest BCUT2D eigenvalue weighted by atomic mass is 10.1. The summed E-state index contributed by atoms with van der Waals surface area (Å²) in [5.74, 6) is -1.76. The number of quaternary nitrogens is 1. The molecule has 0 amide bonds. The molecule has 0 fully saturated rings. The van der Waals surface area contributed by atoms with Gasteiger partial charge in [-0.2, -0.15) is 0 Å². The fourth-order valence-electron chi connectivity index (χ4n) is 7.50. The highest BCUT2D eigenvalue weighted by atomic mass is 16.6. The molecule has 2 atom stereocenters. The molecule has 8 nitrogen and oxygen atoms in total. The largest absolute Gasteiger partial charge is 0.544 e. The van der Waals surface area contributed by atoms with Crippen molar-refractivity contribution in [1.82, 2.24) is 0 Å². The number of allylic oxidation sites excluding steroid dienone is 12. The maximum Gasteiger partial charge on any atom is 0.306 e. The highest BCUT2D eigenvalue weighted by molar-refractivity contribution is 5.70. The molecule has 0 N–H and O–H groups in total. The third-order valence-electron chi connectivity index (χ3n) is 11.6. The number of carbonyl (C=O) groups excluding carboxylic acids is 3. The van der Waals surface area contributed by atoms with Crippen molar-refractivity contribution < 1.29 is 38.2 Å². The van der Waals surface area contributed by atoms with Gasteiger partial charge >= 0.3 is 11.9 Å². The van der Waals surface area contributed by atoms with Crippen LogP contribution in [0.5, 0.6) is 0 Å². The number of rotatable bonds is 47. The molecule has 0 aliphatic carbocycles. The normalized spacial score (nSPS) is 13.4. The molecule has 0 aliphatic rings. The molecule has 0 aromatic heterocycles. The first-order valence-electron chi connectivity index (χ1n) is 26.5. The number of aliphatic carboxylic acids is 1. The third kappa shape index (κ3) is 45.7. The van der Waals surface area contributed by atoms with Crippen LogP contribution in [0.25, 0.3) is 0 Å². The number of unbranched alkanes of at least 4 members (excludes halogenated alkanes) is 21. The van der Waals surface area contributed by atoms with Crippen LogP contribution >= 0.6 is 0 Å². The van der Waals surface area contributed by atoms with E-state index < -0.39 is 18.1 Å². The Morgan fingerprint density at radius 3 is 1.29 bits per heavy atom. The predicted octanol–water partition coefficient (Wildman–Crippen LogP) is 14.1. The molecule has 0 saturated carbocycles. The molecule has 0 rings (SSSR count). The summed E-state index contributed by atoms with van der Waals surface area (Å²) in [5, 5.41) is 11.7. The number of esters is 2. The lowest BCUT2D eigenvalue weighted by Gasteiger charge is -2.34. The summed E-state index contributed by atoms with van der Waals surface area (Å²) < 4.78 is 17.2. The number of hydrogen-bond acceptors (Lipinski definition) is 7. The van der Waals surface area contributed by atoms with Crippen LogP contribution < -0.4 is 5.11 Å². The number of ether oxygens (including phenoxy) is 3. The zero-order chi connectivity index (χ0) is 47.7. The van der Waals surface area contributed by atoms with E-state index >= 15 is 0 Å². The molecule has 2 unspecified atom stereocenters. The number of carboxylic acids is 1. The van der Waals surface area contributed by atoms with Gasteiger partial charge in [0.25, 0.3) is 0 Å². The summed E-state index contributed by atoms with van der Waals surface area (Å²) in [6, 6.07) is -0.733. The molecule has 0 aliphatic heterocycles. The Kier molecular flexibility index (Phi) is 44.9. The van der Waals surface area contributed by atoms with E-state index in [9.17, 15) is 19.5 Å². The average Bonchev–Trinajstić information content (AvgIpc) is 3.27. The molecule has 65 heavy (non-hydrogen) atoms. The van der Waals surface area contributed by atoms with Crippen molar-refractivity contribution in [2.45, 2.75) is 231 Å². The molecule has 0 spiro atoms. The van der Waals surface area contributed by atoms with E-state index in [-0.39, 0.29) is 42.7 Å². The Hall–Kier alpha value is -3.23. The second kappa shape index (κ2) is 47.3. The summed E-state index contributed by atoms with van der Waals surface area (Å²) in [6.45, 7) is 4.54. The highest BCUT2D eigenvalue weighted by Crippen LogP contribution is 2.14. The molecular weight excluding hydrogens is 811 g/mol. The summed E-state index contributed by atoms with van der Waals surface area (Å²) in [6.07, 6.45) is 60.7. The highest BCUT2D eigenvalue weighted by Gasteiger charge is 2.25. The van der Waals surface area contributed by atoms with Gasteiger partial charge in [-0.1, -0.05) is 189 Å². The van der Waals surface area contributed by atoms with Gasteiger partial charge in [0.1, 0.15) is 12.6 Å². The Balaban J connectivity index is 4.28. The summed E-state index contributed by atoms with van der Waals surface area (Å²) >= 11 is 0. The maximum absolute atomic E-state index is 12.8. The van der Waals surface area contributed by atoms with Gasteiger partial charge in [0.15, 0.2) is 6.10 Å². The monoisotopic (exact) mass is 910 g/mol. The zero-order valence-corrected chi connectivity index (χ0v) is 42.6. The van der Waals surface area contributed by atoms with Crippen molar-refractivity contribution in [2.75, 3.05) is 41.0 Å². The van der Waals surface area contributed by atoms with Gasteiger partial charge in [-0.3, -0.25) is 9.59 Å². The SMILES string of the molecule is CC/C=C/C/C=C/C/C=C/C/C=C/C/C=C/CCCCCCCCCC(=O)OC(COCCC(C(=O)[O-])[N+](C)(C)C)COC(=O)CCCCCCC/C=C/CCCCCCCCCCC. The van der Waals surface area contributed by atoms with E-state index in [4.69, 9.17) is 14.2 Å². The van der Waals surface area contributed by atoms with Crippen LogP contribution in [0, 0.1) is 0 Å². The van der Waals surface area contributed by atoms with E-state index in [2.05, 4.69) is 86.8 Å². The molecule has 0 saturated heterocycles. The van der Waals surface area contributed by atoms with Gasteiger partial charge in [-0.05, 0) is 83.5 Å². The molecule has 374 valence electrons. The van der Waals surface area contributed by atoms with Gasteiger partial charge in [-0.25, -0.2) is 0 Å². The van der Waals surface area contributed by atoms with E-state index in [1.165, 1.54) is 89.9 Å². The number of carbonyl (C=O) groups is 3. The molecule has 0 bridgehead atoms. The quantitative estimate of drug-likeness (QED) is 0.0259. The number of carboxylic acid groups (broad SMARTS) is 1. The van der Waals surface area contributed by atoms with Crippen molar-refractivity contribution in [3.8, 4) is 0 Å². The van der Waals surface area contributed by atoms with Gasteiger partial charge < -0.3 is 28.6 Å². The van der Waals surface area contributed by atoms with Crippen molar-refractivity contribution in [3.05, 3.63) is 72.9 Å². The van der Waals surface area contributed by atoms with Crippen LogP contribution in [0.15, 0.2) is 72.9 Å². The molecule has 8 heteroatoms. The summed E-state index contributed by atoms with van der Waals surface area (Å²) in [5.41, 5.74) is 0. The van der Waals surface area contributed by atoms with Crippen LogP contribution in [-0.2, 0) is 28.6 Å². The molecule has 0 heterocycles. The van der Waals surface area contributed by atoms with Crippen molar-refractivity contribution in [1.29, 1.82) is 0 Å². The van der Waals surface area contributed by atoms with Crippen molar-refractivity contribution >= 4 is 17.9 Å². The first kappa shape index (κ1) is 61.8.